The van der Waals surface area contributed by atoms with Crippen molar-refractivity contribution < 1.29 is 9.90 Å². The molecule has 0 fully saturated rings. The summed E-state index contributed by atoms with van der Waals surface area (Å²) >= 11 is 0. The van der Waals surface area contributed by atoms with Gasteiger partial charge in [-0.05, 0) is 42.2 Å². The van der Waals surface area contributed by atoms with E-state index in [1.54, 1.807) is 12.2 Å². The van der Waals surface area contributed by atoms with Crippen LogP contribution in [-0.2, 0) is 4.79 Å². The van der Waals surface area contributed by atoms with E-state index in [2.05, 4.69) is 6.58 Å². The molecular weight excluding hydrogens is 200 g/mol. The van der Waals surface area contributed by atoms with Crippen LogP contribution in [0, 0.1) is 6.92 Å². The Morgan fingerprint density at radius 3 is 2.69 bits per heavy atom. The maximum absolute atomic E-state index is 10.9. The van der Waals surface area contributed by atoms with E-state index in [-0.39, 0.29) is 0 Å². The van der Waals surface area contributed by atoms with Crippen molar-refractivity contribution in [2.24, 2.45) is 0 Å². The zero-order chi connectivity index (χ0) is 12.1. The fourth-order valence-corrected chi connectivity index (χ4v) is 1.44. The Morgan fingerprint density at radius 1 is 1.50 bits per heavy atom. The van der Waals surface area contributed by atoms with Crippen LogP contribution in [0.4, 0.5) is 0 Å². The molecule has 16 heavy (non-hydrogen) atoms. The summed E-state index contributed by atoms with van der Waals surface area (Å²) in [6.45, 7) is 7.51. The average molecular weight is 216 g/mol. The molecule has 2 nitrogen and oxygen atoms in total. The molecule has 1 aromatic rings. The van der Waals surface area contributed by atoms with Crippen molar-refractivity contribution in [3.05, 3.63) is 47.0 Å². The number of rotatable bonds is 4. The summed E-state index contributed by atoms with van der Waals surface area (Å²) in [4.78, 5) is 10.9. The topological polar surface area (TPSA) is 37.3 Å². The third-order valence-electron chi connectivity index (χ3n) is 2.52. The molecule has 0 saturated heterocycles. The monoisotopic (exact) mass is 216 g/mol. The van der Waals surface area contributed by atoms with Crippen molar-refractivity contribution in [1.29, 1.82) is 0 Å². The smallest absolute Gasteiger partial charge is 0.331 e. The van der Waals surface area contributed by atoms with Gasteiger partial charge in [-0.25, -0.2) is 4.79 Å². The number of aryl methyl sites for hydroxylation is 1. The fourth-order valence-electron chi connectivity index (χ4n) is 1.44. The van der Waals surface area contributed by atoms with Gasteiger partial charge >= 0.3 is 5.97 Å². The molecule has 0 aliphatic rings. The van der Waals surface area contributed by atoms with Crippen LogP contribution in [0.5, 0.6) is 0 Å². The van der Waals surface area contributed by atoms with Gasteiger partial charge in [0.1, 0.15) is 0 Å². The molecule has 0 saturated carbocycles. The van der Waals surface area contributed by atoms with Crippen molar-refractivity contribution in [2.75, 3.05) is 0 Å². The lowest BCUT2D eigenvalue weighted by molar-refractivity contribution is -0.132. The molecule has 0 unspecified atom stereocenters. The number of benzene rings is 1. The van der Waals surface area contributed by atoms with Crippen LogP contribution < -0.4 is 0 Å². The first-order valence-electron chi connectivity index (χ1n) is 5.25. The summed E-state index contributed by atoms with van der Waals surface area (Å²) in [6.07, 6.45) is 4.00. The van der Waals surface area contributed by atoms with Gasteiger partial charge in [0, 0.05) is 5.57 Å². The Balaban J connectivity index is 3.21. The lowest BCUT2D eigenvalue weighted by Gasteiger charge is -2.04. The standard InChI is InChI=1S/C14H16O2/c1-4-11-7-6-10(3)13(8-11)9-12(5-2)14(15)16/h4,6-9H,1,5H2,2-3H3,(H,15,16). The Bertz CT molecular complexity index is 442. The van der Waals surface area contributed by atoms with Gasteiger partial charge in [0.2, 0.25) is 0 Å². The van der Waals surface area contributed by atoms with Crippen molar-refractivity contribution in [3.8, 4) is 0 Å². The quantitative estimate of drug-likeness (QED) is 0.782. The first kappa shape index (κ1) is 12.2. The third-order valence-corrected chi connectivity index (χ3v) is 2.52. The SMILES string of the molecule is C=Cc1ccc(C)c(C=C(CC)C(=O)O)c1. The maximum Gasteiger partial charge on any atom is 0.331 e. The lowest BCUT2D eigenvalue weighted by atomic mass is 10.0. The summed E-state index contributed by atoms with van der Waals surface area (Å²) in [5, 5.41) is 8.96. The Kier molecular flexibility index (Phi) is 4.06. The van der Waals surface area contributed by atoms with E-state index in [0.29, 0.717) is 12.0 Å². The molecule has 0 atom stereocenters. The minimum Gasteiger partial charge on any atom is -0.478 e. The molecule has 0 aromatic heterocycles. The Labute approximate surface area is 95.9 Å². The van der Waals surface area contributed by atoms with Gasteiger partial charge < -0.3 is 5.11 Å². The predicted molar refractivity (Wildman–Crippen MR) is 67.2 cm³/mol. The maximum atomic E-state index is 10.9. The van der Waals surface area contributed by atoms with Crippen molar-refractivity contribution in [3.63, 3.8) is 0 Å². The Morgan fingerprint density at radius 2 is 2.19 bits per heavy atom. The first-order chi connectivity index (χ1) is 7.58. The molecule has 0 heterocycles. The second-order valence-electron chi connectivity index (χ2n) is 3.65. The minimum atomic E-state index is -0.856. The van der Waals surface area contributed by atoms with Crippen LogP contribution in [0.15, 0.2) is 30.4 Å². The van der Waals surface area contributed by atoms with Crippen LogP contribution >= 0.6 is 0 Å². The third kappa shape index (κ3) is 2.83. The van der Waals surface area contributed by atoms with Crippen LogP contribution in [0.2, 0.25) is 0 Å². The summed E-state index contributed by atoms with van der Waals surface area (Å²) < 4.78 is 0. The molecule has 0 aliphatic heterocycles. The van der Waals surface area contributed by atoms with E-state index >= 15 is 0 Å². The van der Waals surface area contributed by atoms with E-state index in [9.17, 15) is 4.79 Å². The van der Waals surface area contributed by atoms with Gasteiger partial charge in [0.15, 0.2) is 0 Å². The second-order valence-corrected chi connectivity index (χ2v) is 3.65. The largest absolute Gasteiger partial charge is 0.478 e. The van der Waals surface area contributed by atoms with E-state index in [0.717, 1.165) is 16.7 Å². The van der Waals surface area contributed by atoms with Crippen LogP contribution in [0.1, 0.15) is 30.0 Å². The lowest BCUT2D eigenvalue weighted by Crippen LogP contribution is -1.99. The highest BCUT2D eigenvalue weighted by molar-refractivity contribution is 5.92. The molecule has 1 aromatic carbocycles. The van der Waals surface area contributed by atoms with E-state index in [1.807, 2.05) is 32.0 Å². The summed E-state index contributed by atoms with van der Waals surface area (Å²) in [5.41, 5.74) is 3.43. The van der Waals surface area contributed by atoms with Crippen molar-refractivity contribution in [1.82, 2.24) is 0 Å². The molecule has 84 valence electrons. The second kappa shape index (κ2) is 5.31. The Hall–Kier alpha value is -1.83. The highest BCUT2D eigenvalue weighted by Gasteiger charge is 2.05. The van der Waals surface area contributed by atoms with Crippen molar-refractivity contribution in [2.45, 2.75) is 20.3 Å². The molecule has 1 N–H and O–H groups in total. The van der Waals surface area contributed by atoms with Gasteiger partial charge in [-0.2, -0.15) is 0 Å². The van der Waals surface area contributed by atoms with Gasteiger partial charge in [-0.1, -0.05) is 31.7 Å². The van der Waals surface area contributed by atoms with E-state index in [1.165, 1.54) is 0 Å². The molecule has 0 aliphatic carbocycles. The molecule has 0 amide bonds. The van der Waals surface area contributed by atoms with E-state index in [4.69, 9.17) is 5.11 Å². The van der Waals surface area contributed by atoms with Gasteiger partial charge in [-0.3, -0.25) is 0 Å². The van der Waals surface area contributed by atoms with Crippen LogP contribution in [-0.4, -0.2) is 11.1 Å². The van der Waals surface area contributed by atoms with Crippen LogP contribution in [0.25, 0.3) is 12.2 Å². The van der Waals surface area contributed by atoms with E-state index < -0.39 is 5.97 Å². The number of aliphatic carboxylic acids is 1. The molecule has 0 bridgehead atoms. The predicted octanol–water partition coefficient (Wildman–Crippen LogP) is 3.52. The highest BCUT2D eigenvalue weighted by atomic mass is 16.4. The fraction of sp³-hybridized carbons (Fsp3) is 0.214. The first-order valence-corrected chi connectivity index (χ1v) is 5.25. The average Bonchev–Trinajstić information content (AvgIpc) is 2.27. The number of hydrogen-bond acceptors (Lipinski definition) is 1. The number of carboxylic acids is 1. The molecule has 2 heteroatoms. The molecule has 0 spiro atoms. The molecule has 0 radical (unpaired) electrons. The zero-order valence-electron chi connectivity index (χ0n) is 9.66. The van der Waals surface area contributed by atoms with Gasteiger partial charge in [0.25, 0.3) is 0 Å². The van der Waals surface area contributed by atoms with Crippen LogP contribution in [0.3, 0.4) is 0 Å². The summed E-state index contributed by atoms with van der Waals surface area (Å²) in [7, 11) is 0. The summed E-state index contributed by atoms with van der Waals surface area (Å²) in [6, 6.07) is 5.88. The molecule has 1 rings (SSSR count). The highest BCUT2D eigenvalue weighted by Crippen LogP contribution is 2.17. The summed E-state index contributed by atoms with van der Waals surface area (Å²) in [5.74, 6) is -0.856. The number of carboxylic acid groups (broad SMARTS) is 1. The normalized spacial score (nSPS) is 11.2. The zero-order valence-corrected chi connectivity index (χ0v) is 9.66. The number of hydrogen-bond donors (Lipinski definition) is 1. The molecular formula is C14H16O2. The minimum absolute atomic E-state index is 0.421. The van der Waals surface area contributed by atoms with Gasteiger partial charge in [0.05, 0.1) is 0 Å². The number of carbonyl (C=O) groups is 1. The van der Waals surface area contributed by atoms with Gasteiger partial charge in [-0.15, -0.1) is 0 Å². The van der Waals surface area contributed by atoms with Crippen molar-refractivity contribution >= 4 is 18.1 Å².